The van der Waals surface area contributed by atoms with Gasteiger partial charge in [0.15, 0.2) is 0 Å². The highest BCUT2D eigenvalue weighted by atomic mass is 35.5. The Morgan fingerprint density at radius 3 is 2.72 bits per heavy atom. The highest BCUT2D eigenvalue weighted by Gasteiger charge is 2.06. The zero-order chi connectivity index (χ0) is 13.1. The van der Waals surface area contributed by atoms with Crippen LogP contribution in [0.15, 0.2) is 30.5 Å². The van der Waals surface area contributed by atoms with E-state index in [0.717, 1.165) is 33.3 Å². The van der Waals surface area contributed by atoms with Crippen LogP contribution in [-0.4, -0.2) is 4.98 Å². The van der Waals surface area contributed by atoms with Gasteiger partial charge in [-0.3, -0.25) is 4.98 Å². The SMILES string of the molecule is Cc1cc(Oc2ccc(Cl)c(C)c2)c(CN)cn1. The Morgan fingerprint density at radius 1 is 1.28 bits per heavy atom. The van der Waals surface area contributed by atoms with Crippen LogP contribution in [0.25, 0.3) is 0 Å². The number of hydrogen-bond acceptors (Lipinski definition) is 3. The van der Waals surface area contributed by atoms with Gasteiger partial charge in [-0.15, -0.1) is 0 Å². The molecular weight excluding hydrogens is 248 g/mol. The van der Waals surface area contributed by atoms with E-state index >= 15 is 0 Å². The van der Waals surface area contributed by atoms with Crippen molar-refractivity contribution in [3.8, 4) is 11.5 Å². The topological polar surface area (TPSA) is 48.1 Å². The third-order valence-electron chi connectivity index (χ3n) is 2.66. The fourth-order valence-electron chi connectivity index (χ4n) is 1.62. The van der Waals surface area contributed by atoms with Crippen LogP contribution in [0, 0.1) is 13.8 Å². The highest BCUT2D eigenvalue weighted by Crippen LogP contribution is 2.28. The minimum Gasteiger partial charge on any atom is -0.457 e. The van der Waals surface area contributed by atoms with E-state index in [0.29, 0.717) is 6.54 Å². The number of benzene rings is 1. The van der Waals surface area contributed by atoms with Gasteiger partial charge in [-0.25, -0.2) is 0 Å². The first kappa shape index (κ1) is 12.9. The molecular formula is C14H15ClN2O. The molecule has 0 saturated heterocycles. The summed E-state index contributed by atoms with van der Waals surface area (Å²) in [4.78, 5) is 4.20. The lowest BCUT2D eigenvalue weighted by Crippen LogP contribution is -2.01. The molecule has 2 rings (SSSR count). The normalized spacial score (nSPS) is 10.4. The molecule has 0 saturated carbocycles. The Balaban J connectivity index is 2.33. The second-order valence-corrected chi connectivity index (χ2v) is 4.56. The molecule has 1 aromatic carbocycles. The van der Waals surface area contributed by atoms with Crippen molar-refractivity contribution in [2.45, 2.75) is 20.4 Å². The predicted molar refractivity (Wildman–Crippen MR) is 73.1 cm³/mol. The Kier molecular flexibility index (Phi) is 3.84. The minimum absolute atomic E-state index is 0.398. The van der Waals surface area contributed by atoms with Crippen molar-refractivity contribution < 1.29 is 4.74 Å². The number of ether oxygens (including phenoxy) is 1. The summed E-state index contributed by atoms with van der Waals surface area (Å²) in [5, 5.41) is 0.729. The number of aryl methyl sites for hydroxylation is 2. The first-order valence-corrected chi connectivity index (χ1v) is 6.07. The van der Waals surface area contributed by atoms with Gasteiger partial charge >= 0.3 is 0 Å². The molecule has 0 radical (unpaired) electrons. The van der Waals surface area contributed by atoms with E-state index in [4.69, 9.17) is 22.1 Å². The molecule has 0 atom stereocenters. The molecule has 2 aromatic rings. The fraction of sp³-hybridized carbons (Fsp3) is 0.214. The lowest BCUT2D eigenvalue weighted by molar-refractivity contribution is 0.474. The van der Waals surface area contributed by atoms with E-state index in [9.17, 15) is 0 Å². The van der Waals surface area contributed by atoms with Crippen molar-refractivity contribution in [1.82, 2.24) is 4.98 Å². The molecule has 2 N–H and O–H groups in total. The van der Waals surface area contributed by atoms with Crippen LogP contribution in [0.1, 0.15) is 16.8 Å². The van der Waals surface area contributed by atoms with Crippen LogP contribution in [0.4, 0.5) is 0 Å². The van der Waals surface area contributed by atoms with Crippen LogP contribution in [0.5, 0.6) is 11.5 Å². The molecule has 3 nitrogen and oxygen atoms in total. The Bertz CT molecular complexity index is 570. The highest BCUT2D eigenvalue weighted by molar-refractivity contribution is 6.31. The number of hydrogen-bond donors (Lipinski definition) is 1. The molecule has 94 valence electrons. The van der Waals surface area contributed by atoms with Crippen LogP contribution in [-0.2, 0) is 6.54 Å². The van der Waals surface area contributed by atoms with Gasteiger partial charge in [-0.2, -0.15) is 0 Å². The first-order valence-electron chi connectivity index (χ1n) is 5.69. The molecule has 1 aromatic heterocycles. The van der Waals surface area contributed by atoms with Crippen LogP contribution >= 0.6 is 11.6 Å². The van der Waals surface area contributed by atoms with Gasteiger partial charge in [0.25, 0.3) is 0 Å². The van der Waals surface area contributed by atoms with Crippen molar-refractivity contribution in [1.29, 1.82) is 0 Å². The number of nitrogens with two attached hydrogens (primary N) is 1. The second-order valence-electron chi connectivity index (χ2n) is 4.15. The zero-order valence-electron chi connectivity index (χ0n) is 10.4. The Hall–Kier alpha value is -1.58. The summed E-state index contributed by atoms with van der Waals surface area (Å²) in [6.45, 7) is 4.26. The van der Waals surface area contributed by atoms with Crippen LogP contribution < -0.4 is 10.5 Å². The van der Waals surface area contributed by atoms with Crippen molar-refractivity contribution in [3.05, 3.63) is 52.3 Å². The molecule has 0 bridgehead atoms. The number of aromatic nitrogens is 1. The monoisotopic (exact) mass is 262 g/mol. The van der Waals surface area contributed by atoms with E-state index in [1.807, 2.05) is 38.1 Å². The quantitative estimate of drug-likeness (QED) is 0.919. The summed E-state index contributed by atoms with van der Waals surface area (Å²) in [5.74, 6) is 1.49. The van der Waals surface area contributed by atoms with Crippen molar-refractivity contribution in [2.75, 3.05) is 0 Å². The van der Waals surface area contributed by atoms with Crippen molar-refractivity contribution in [2.24, 2.45) is 5.73 Å². The summed E-state index contributed by atoms with van der Waals surface area (Å²) in [6.07, 6.45) is 1.74. The van der Waals surface area contributed by atoms with E-state index in [1.54, 1.807) is 6.20 Å². The van der Waals surface area contributed by atoms with E-state index in [2.05, 4.69) is 4.98 Å². The van der Waals surface area contributed by atoms with Gasteiger partial charge in [0.05, 0.1) is 0 Å². The maximum absolute atomic E-state index is 5.98. The van der Waals surface area contributed by atoms with Gasteiger partial charge in [0.1, 0.15) is 11.5 Å². The molecule has 1 heterocycles. The molecule has 0 aliphatic carbocycles. The minimum atomic E-state index is 0.398. The van der Waals surface area contributed by atoms with Gasteiger partial charge in [-0.1, -0.05) is 11.6 Å². The molecule has 0 aliphatic heterocycles. The summed E-state index contributed by atoms with van der Waals surface area (Å²) in [7, 11) is 0. The van der Waals surface area contributed by atoms with Crippen molar-refractivity contribution in [3.63, 3.8) is 0 Å². The number of halogens is 1. The molecule has 0 fully saturated rings. The lowest BCUT2D eigenvalue weighted by Gasteiger charge is -2.11. The maximum Gasteiger partial charge on any atom is 0.135 e. The summed E-state index contributed by atoms with van der Waals surface area (Å²) in [6, 6.07) is 7.44. The standard InChI is InChI=1S/C14H15ClN2O/c1-9-5-12(3-4-13(9)15)18-14-6-10(2)17-8-11(14)7-16/h3-6,8H,7,16H2,1-2H3. The Labute approximate surface area is 112 Å². The summed E-state index contributed by atoms with van der Waals surface area (Å²) < 4.78 is 5.84. The number of nitrogens with zero attached hydrogens (tertiary/aromatic N) is 1. The lowest BCUT2D eigenvalue weighted by atomic mass is 10.2. The van der Waals surface area contributed by atoms with E-state index in [1.165, 1.54) is 0 Å². The average molecular weight is 263 g/mol. The molecule has 0 amide bonds. The first-order chi connectivity index (χ1) is 8.60. The second kappa shape index (κ2) is 5.38. The molecule has 18 heavy (non-hydrogen) atoms. The van der Waals surface area contributed by atoms with Gasteiger partial charge in [0, 0.05) is 35.1 Å². The van der Waals surface area contributed by atoms with Gasteiger partial charge < -0.3 is 10.5 Å². The van der Waals surface area contributed by atoms with E-state index in [-0.39, 0.29) is 0 Å². The van der Waals surface area contributed by atoms with Gasteiger partial charge in [-0.05, 0) is 37.6 Å². The summed E-state index contributed by atoms with van der Waals surface area (Å²) >= 11 is 5.98. The molecule has 0 unspecified atom stereocenters. The Morgan fingerprint density at radius 2 is 2.06 bits per heavy atom. The van der Waals surface area contributed by atoms with Crippen LogP contribution in [0.3, 0.4) is 0 Å². The van der Waals surface area contributed by atoms with Gasteiger partial charge in [0.2, 0.25) is 0 Å². The largest absolute Gasteiger partial charge is 0.457 e. The van der Waals surface area contributed by atoms with Crippen molar-refractivity contribution >= 4 is 11.6 Å². The smallest absolute Gasteiger partial charge is 0.135 e. The number of pyridine rings is 1. The zero-order valence-corrected chi connectivity index (χ0v) is 11.2. The maximum atomic E-state index is 5.98. The number of rotatable bonds is 3. The van der Waals surface area contributed by atoms with Crippen LogP contribution in [0.2, 0.25) is 5.02 Å². The average Bonchev–Trinajstić information content (AvgIpc) is 2.34. The van der Waals surface area contributed by atoms with E-state index < -0.39 is 0 Å². The molecule has 0 aliphatic rings. The molecule has 0 spiro atoms. The fourth-order valence-corrected chi connectivity index (χ4v) is 1.74. The predicted octanol–water partition coefficient (Wildman–Crippen LogP) is 3.60. The third-order valence-corrected chi connectivity index (χ3v) is 3.08. The third kappa shape index (κ3) is 2.81. The summed E-state index contributed by atoms with van der Waals surface area (Å²) in [5.41, 5.74) is 8.43. The molecule has 4 heteroatoms.